The zero-order valence-electron chi connectivity index (χ0n) is 18.4. The quantitative estimate of drug-likeness (QED) is 0.368. The lowest BCUT2D eigenvalue weighted by Crippen LogP contribution is -2.42. The molecule has 5 rings (SSSR count). The van der Waals surface area contributed by atoms with Crippen LogP contribution in [0.1, 0.15) is 43.9 Å². The highest BCUT2D eigenvalue weighted by Gasteiger charge is 2.42. The first kappa shape index (κ1) is 22.6. The molecule has 0 radical (unpaired) electrons. The van der Waals surface area contributed by atoms with E-state index >= 15 is 0 Å². The van der Waals surface area contributed by atoms with E-state index in [4.69, 9.17) is 4.99 Å². The lowest BCUT2D eigenvalue weighted by Gasteiger charge is -2.35. The Morgan fingerprint density at radius 2 is 1.85 bits per heavy atom. The summed E-state index contributed by atoms with van der Waals surface area (Å²) in [6, 6.07) is 13.0. The standard InChI is InChI=1S/C25H20BrN3O4S/c1-25(2)12-17-21(19(30)13-25)22(16-5-3-4-6-18(16)29(32)33)28-23(31)20(34-24(28)27-17)11-14-7-9-15(26)10-8-14/h3-11,22H,12-13H2,1-2H3. The van der Waals surface area contributed by atoms with Crippen LogP contribution in [0.25, 0.3) is 6.08 Å². The Kier molecular flexibility index (Phi) is 5.49. The van der Waals surface area contributed by atoms with Crippen LogP contribution in [0.2, 0.25) is 0 Å². The Labute approximate surface area is 207 Å². The number of thiazole rings is 1. The van der Waals surface area contributed by atoms with E-state index in [1.165, 1.54) is 22.0 Å². The number of nitrogens with zero attached hydrogens (tertiary/aromatic N) is 3. The van der Waals surface area contributed by atoms with Crippen molar-refractivity contribution < 1.29 is 9.72 Å². The molecular weight excluding hydrogens is 518 g/mol. The third-order valence-electron chi connectivity index (χ3n) is 6.09. The Bertz CT molecular complexity index is 1560. The summed E-state index contributed by atoms with van der Waals surface area (Å²) in [4.78, 5) is 43.6. The number of allylic oxidation sites excluding steroid dienone is 2. The molecule has 172 valence electrons. The van der Waals surface area contributed by atoms with Crippen LogP contribution in [-0.2, 0) is 4.79 Å². The van der Waals surface area contributed by atoms with Crippen LogP contribution < -0.4 is 14.9 Å². The van der Waals surface area contributed by atoms with Gasteiger partial charge in [0, 0.05) is 22.5 Å². The van der Waals surface area contributed by atoms with Crippen LogP contribution in [0.4, 0.5) is 5.69 Å². The largest absolute Gasteiger partial charge is 0.294 e. The van der Waals surface area contributed by atoms with Crippen molar-refractivity contribution >= 4 is 44.8 Å². The average Bonchev–Trinajstić information content (AvgIpc) is 3.07. The predicted molar refractivity (Wildman–Crippen MR) is 133 cm³/mol. The monoisotopic (exact) mass is 537 g/mol. The molecule has 2 aromatic carbocycles. The summed E-state index contributed by atoms with van der Waals surface area (Å²) in [5, 5.41) is 11.9. The van der Waals surface area contributed by atoms with Crippen molar-refractivity contribution in [2.75, 3.05) is 0 Å². The molecule has 7 nitrogen and oxygen atoms in total. The van der Waals surface area contributed by atoms with Crippen molar-refractivity contribution in [3.63, 3.8) is 0 Å². The maximum atomic E-state index is 13.6. The zero-order valence-corrected chi connectivity index (χ0v) is 20.9. The van der Waals surface area contributed by atoms with Crippen LogP contribution >= 0.6 is 27.3 Å². The van der Waals surface area contributed by atoms with Gasteiger partial charge in [0.2, 0.25) is 0 Å². The molecule has 34 heavy (non-hydrogen) atoms. The van der Waals surface area contributed by atoms with E-state index in [0.29, 0.717) is 39.0 Å². The minimum atomic E-state index is -0.886. The fraction of sp³-hybridized carbons (Fsp3) is 0.240. The van der Waals surface area contributed by atoms with Crippen molar-refractivity contribution in [1.82, 2.24) is 4.57 Å². The Balaban J connectivity index is 1.81. The van der Waals surface area contributed by atoms with Crippen molar-refractivity contribution in [1.29, 1.82) is 0 Å². The van der Waals surface area contributed by atoms with Gasteiger partial charge in [-0.3, -0.25) is 24.3 Å². The average molecular weight is 538 g/mol. The van der Waals surface area contributed by atoms with E-state index in [1.807, 2.05) is 38.1 Å². The van der Waals surface area contributed by atoms with Gasteiger partial charge in [-0.15, -0.1) is 0 Å². The molecule has 0 saturated carbocycles. The first-order valence-corrected chi connectivity index (χ1v) is 12.3. The summed E-state index contributed by atoms with van der Waals surface area (Å²) in [6.45, 7) is 4.01. The number of ketones is 1. The molecule has 1 atom stereocenters. The molecule has 1 unspecified atom stereocenters. The zero-order chi connectivity index (χ0) is 24.2. The van der Waals surface area contributed by atoms with Crippen LogP contribution in [0.3, 0.4) is 0 Å². The molecule has 0 saturated heterocycles. The topological polar surface area (TPSA) is 94.6 Å². The molecule has 0 spiro atoms. The van der Waals surface area contributed by atoms with Gasteiger partial charge in [-0.1, -0.05) is 65.4 Å². The van der Waals surface area contributed by atoms with Crippen LogP contribution in [-0.4, -0.2) is 15.3 Å². The fourth-order valence-corrected chi connectivity index (χ4v) is 5.92. The Morgan fingerprint density at radius 3 is 2.56 bits per heavy atom. The van der Waals surface area contributed by atoms with Crippen LogP contribution in [0, 0.1) is 15.5 Å². The van der Waals surface area contributed by atoms with Crippen molar-refractivity contribution in [2.45, 2.75) is 32.7 Å². The number of Topliss-reactive ketones (excluding diaryl/α,β-unsaturated/α-hetero) is 1. The van der Waals surface area contributed by atoms with Gasteiger partial charge in [0.1, 0.15) is 6.04 Å². The molecular formula is C25H20BrN3O4S. The Hall–Kier alpha value is -3.17. The van der Waals surface area contributed by atoms with E-state index in [9.17, 15) is 19.7 Å². The summed E-state index contributed by atoms with van der Waals surface area (Å²) < 4.78 is 2.83. The number of rotatable bonds is 3. The highest BCUT2D eigenvalue weighted by atomic mass is 79.9. The van der Waals surface area contributed by atoms with E-state index in [0.717, 1.165) is 10.0 Å². The number of halogens is 1. The van der Waals surface area contributed by atoms with Gasteiger partial charge in [-0.25, -0.2) is 4.99 Å². The number of fused-ring (bicyclic) bond motifs is 1. The maximum absolute atomic E-state index is 13.6. The van der Waals surface area contributed by atoms with Gasteiger partial charge in [-0.05, 0) is 41.7 Å². The molecule has 3 aromatic rings. The van der Waals surface area contributed by atoms with E-state index in [1.54, 1.807) is 24.3 Å². The second-order valence-corrected chi connectivity index (χ2v) is 11.2. The third kappa shape index (κ3) is 3.88. The predicted octanol–water partition coefficient (Wildman–Crippen LogP) is 4.28. The molecule has 0 bridgehead atoms. The van der Waals surface area contributed by atoms with Crippen molar-refractivity contribution in [3.8, 4) is 0 Å². The molecule has 1 aromatic heterocycles. The molecule has 1 aliphatic heterocycles. The highest BCUT2D eigenvalue weighted by Crippen LogP contribution is 2.44. The number of nitro benzene ring substituents is 1. The van der Waals surface area contributed by atoms with E-state index in [2.05, 4.69) is 15.9 Å². The second kappa shape index (κ2) is 8.25. The number of nitro groups is 1. The highest BCUT2D eigenvalue weighted by molar-refractivity contribution is 9.10. The first-order chi connectivity index (χ1) is 16.1. The summed E-state index contributed by atoms with van der Waals surface area (Å²) in [6.07, 6.45) is 2.63. The lowest BCUT2D eigenvalue weighted by molar-refractivity contribution is -0.385. The normalized spacial score (nSPS) is 19.4. The van der Waals surface area contributed by atoms with Gasteiger partial charge >= 0.3 is 0 Å². The molecule has 2 aliphatic rings. The smallest absolute Gasteiger partial charge is 0.275 e. The van der Waals surface area contributed by atoms with Gasteiger partial charge in [0.15, 0.2) is 10.6 Å². The summed E-state index contributed by atoms with van der Waals surface area (Å²) in [7, 11) is 0. The summed E-state index contributed by atoms with van der Waals surface area (Å²) >= 11 is 4.64. The van der Waals surface area contributed by atoms with Crippen LogP contribution in [0.15, 0.2) is 74.1 Å². The van der Waals surface area contributed by atoms with Gasteiger partial charge < -0.3 is 0 Å². The number of benzene rings is 2. The number of carbonyl (C=O) groups is 1. The number of hydrogen-bond acceptors (Lipinski definition) is 6. The molecule has 9 heteroatoms. The number of hydrogen-bond donors (Lipinski definition) is 0. The van der Waals surface area contributed by atoms with Crippen molar-refractivity contribution in [2.24, 2.45) is 10.4 Å². The molecule has 0 N–H and O–H groups in total. The fourth-order valence-electron chi connectivity index (χ4n) is 4.64. The Morgan fingerprint density at radius 1 is 1.15 bits per heavy atom. The van der Waals surface area contributed by atoms with Gasteiger partial charge in [0.05, 0.1) is 20.7 Å². The minimum absolute atomic E-state index is 0.124. The molecule has 0 fully saturated rings. The maximum Gasteiger partial charge on any atom is 0.275 e. The van der Waals surface area contributed by atoms with E-state index in [-0.39, 0.29) is 22.4 Å². The lowest BCUT2D eigenvalue weighted by atomic mass is 9.73. The number of para-hydroxylation sites is 1. The number of aromatic nitrogens is 1. The third-order valence-corrected chi connectivity index (χ3v) is 7.60. The SMILES string of the molecule is CC1(C)CC(=O)C2=C(C1)N=c1sc(=Cc3ccc(Br)cc3)c(=O)n1C2c1ccccc1[N+](=O)[O-]. The number of carbonyl (C=O) groups excluding carboxylic acids is 1. The van der Waals surface area contributed by atoms with Gasteiger partial charge in [0.25, 0.3) is 11.2 Å². The summed E-state index contributed by atoms with van der Waals surface area (Å²) in [5.74, 6) is -0.125. The second-order valence-electron chi connectivity index (χ2n) is 9.25. The van der Waals surface area contributed by atoms with Crippen molar-refractivity contribution in [3.05, 3.63) is 105 Å². The van der Waals surface area contributed by atoms with Crippen LogP contribution in [0.5, 0.6) is 0 Å². The van der Waals surface area contributed by atoms with E-state index < -0.39 is 11.0 Å². The summed E-state index contributed by atoms with van der Waals surface area (Å²) in [5.41, 5.74) is 1.44. The first-order valence-electron chi connectivity index (χ1n) is 10.7. The molecule has 1 aliphatic carbocycles. The van der Waals surface area contributed by atoms with Gasteiger partial charge in [-0.2, -0.15) is 0 Å². The molecule has 0 amide bonds. The molecule has 2 heterocycles. The minimum Gasteiger partial charge on any atom is -0.294 e.